The predicted molar refractivity (Wildman–Crippen MR) is 367 cm³/mol. The van der Waals surface area contributed by atoms with Crippen LogP contribution in [0.15, 0.2) is 134 Å². The smallest absolute Gasteiger partial charge is 0.308 e. The number of ketones is 2. The summed E-state index contributed by atoms with van der Waals surface area (Å²) in [4.78, 5) is 73.8. The molecule has 0 radical (unpaired) electrons. The molecule has 2 aromatic rings. The van der Waals surface area contributed by atoms with E-state index in [4.69, 9.17) is 18.9 Å². The molecule has 3 fully saturated rings. The van der Waals surface area contributed by atoms with E-state index < -0.39 is 178 Å². The van der Waals surface area contributed by atoms with Crippen molar-refractivity contribution < 1.29 is 94.0 Å². The van der Waals surface area contributed by atoms with Gasteiger partial charge in [-0.2, -0.15) is 0 Å². The van der Waals surface area contributed by atoms with Crippen molar-refractivity contribution >= 4 is 35.0 Å². The lowest BCUT2D eigenvalue weighted by molar-refractivity contribution is -0.307. The molecule has 24 heteroatoms. The van der Waals surface area contributed by atoms with Crippen LogP contribution >= 0.6 is 0 Å². The summed E-state index contributed by atoms with van der Waals surface area (Å²) < 4.78 is 24.9. The van der Waals surface area contributed by atoms with Gasteiger partial charge in [-0.25, -0.2) is 0 Å². The van der Waals surface area contributed by atoms with Gasteiger partial charge in [-0.1, -0.05) is 111 Å². The third-order valence-electron chi connectivity index (χ3n) is 18.2. The number of fused-ring (bicyclic) bond motifs is 2. The molecule has 13 N–H and O–H groups in total. The Bertz CT molecular complexity index is 2970. The van der Waals surface area contributed by atoms with Crippen LogP contribution in [0.3, 0.4) is 0 Å². The summed E-state index contributed by atoms with van der Waals surface area (Å²) in [5.74, 6) is -7.09. The number of nitrogens with zero attached hydrogens (tertiary/aromatic N) is 2. The second kappa shape index (κ2) is 42.0. The van der Waals surface area contributed by atoms with Crippen molar-refractivity contribution in [1.82, 2.24) is 20.5 Å². The van der Waals surface area contributed by atoms with E-state index in [0.717, 1.165) is 38.0 Å². The fraction of sp³-hybridized carbons (Fsp3) is 0.595. The summed E-state index contributed by atoms with van der Waals surface area (Å²) in [5, 5.41) is 122. The standard InChI is InChI=1S/C74H107N5O19/c1-48-22-16-13-11-9-7-5-6-8-10-12-14-17-24-61(96-73-70(92)68(69(91)50(3)95-73)78-65(89)32-37-79-35-20-15-21-36-79)45-64-67(72(93)77-34-31-53-23-18-19-33-76-53)63(88)47-74(94,98-64)46-60(86)42-58(84)40-56(82)38-55(81)39-57(83)41-59(85)44-66(90)97-71(48)49(2)25-30-54(80)43-62(87)51-26-28-52(75-4)29-27-51/h5-14,16-19,22-24,26-29,33,48-50,54-56,58-61,63-64,67-71,73,75,80-82,84-86,88,91-92,94H,15,20-21,25,30-32,34-47H2,1-4H3,(H,77,93)(H,78,89)/b6-5-,9-7-,10-8+,13-11+,14-12+,22-16+,24-17+. The normalized spacial score (nSPS) is 34.2. The Morgan fingerprint density at radius 2 is 1.35 bits per heavy atom. The summed E-state index contributed by atoms with van der Waals surface area (Å²) in [5.41, 5.74) is 1.99. The lowest BCUT2D eigenvalue weighted by Gasteiger charge is -2.46. The number of aromatic nitrogens is 1. The van der Waals surface area contributed by atoms with Crippen molar-refractivity contribution in [2.24, 2.45) is 17.8 Å². The maximum atomic E-state index is 14.3. The Morgan fingerprint density at radius 3 is 1.99 bits per heavy atom. The molecule has 0 spiro atoms. The number of pyridine rings is 1. The third-order valence-corrected chi connectivity index (χ3v) is 18.2. The minimum Gasteiger partial charge on any atom is -0.461 e. The number of aliphatic hydroxyl groups is 10. The van der Waals surface area contributed by atoms with Crippen molar-refractivity contribution in [1.29, 1.82) is 0 Å². The van der Waals surface area contributed by atoms with E-state index in [1.54, 1.807) is 142 Å². The van der Waals surface area contributed by atoms with E-state index in [1.807, 2.05) is 19.9 Å². The lowest BCUT2D eigenvalue weighted by Crippen LogP contribution is -2.64. The zero-order chi connectivity index (χ0) is 71.2. The molecule has 4 aliphatic rings. The van der Waals surface area contributed by atoms with E-state index in [-0.39, 0.29) is 49.8 Å². The van der Waals surface area contributed by atoms with Gasteiger partial charge in [0.05, 0.1) is 79.4 Å². The number of allylic oxidation sites excluding steroid dienone is 12. The topological polar surface area (TPSA) is 377 Å². The van der Waals surface area contributed by atoms with Gasteiger partial charge in [-0.05, 0) is 107 Å². The first kappa shape index (κ1) is 80.5. The van der Waals surface area contributed by atoms with Crippen LogP contribution in [-0.4, -0.2) is 221 Å². The molecule has 0 aliphatic carbocycles. The van der Waals surface area contributed by atoms with E-state index >= 15 is 0 Å². The molecule has 19 unspecified atom stereocenters. The second-order valence-electron chi connectivity index (χ2n) is 26.6. The lowest BCUT2D eigenvalue weighted by atomic mass is 9.82. The predicted octanol–water partition coefficient (Wildman–Crippen LogP) is 4.45. The molecule has 6 rings (SSSR count). The highest BCUT2D eigenvalue weighted by Gasteiger charge is 2.51. The molecule has 24 nitrogen and oxygen atoms in total. The highest BCUT2D eigenvalue weighted by Crippen LogP contribution is 2.39. The van der Waals surface area contributed by atoms with Gasteiger partial charge >= 0.3 is 5.97 Å². The van der Waals surface area contributed by atoms with Crippen molar-refractivity contribution in [2.45, 2.75) is 227 Å². The van der Waals surface area contributed by atoms with Crippen LogP contribution in [0.5, 0.6) is 0 Å². The third kappa shape index (κ3) is 28.3. The number of rotatable bonds is 18. The number of anilines is 1. The molecule has 0 saturated carbocycles. The second-order valence-corrected chi connectivity index (χ2v) is 26.6. The molecule has 1 aromatic carbocycles. The van der Waals surface area contributed by atoms with Gasteiger partial charge in [0.15, 0.2) is 17.9 Å². The van der Waals surface area contributed by atoms with Crippen molar-refractivity contribution in [2.75, 3.05) is 38.5 Å². The van der Waals surface area contributed by atoms with Crippen molar-refractivity contribution in [3.63, 3.8) is 0 Å². The minimum atomic E-state index is -2.34. The number of ether oxygens (including phenoxy) is 4. The SMILES string of the molecule is CNc1ccc(C(=O)CC(O)CCC(C)C2OC(=O)CC(O)CC(=O)CC(O)CC(O)CC(O)CC(O)CC3(O)CC(O)C(C(=O)NCCc4ccccn4)C(CC(OC4OC(C)C(O)C(NC(=O)CCN5CCCCC5)C4O)/C=C/C=C/C=C/C=C\C=C/C=C/C=C/C2C)O3)cc1. The molecule has 98 heavy (non-hydrogen) atoms. The highest BCUT2D eigenvalue weighted by molar-refractivity contribution is 5.96. The van der Waals surface area contributed by atoms with E-state index in [2.05, 4.69) is 25.8 Å². The van der Waals surface area contributed by atoms with Gasteiger partial charge in [-0.15, -0.1) is 0 Å². The van der Waals surface area contributed by atoms with Gasteiger partial charge < -0.3 is 90.9 Å². The molecule has 19 atom stereocenters. The first-order chi connectivity index (χ1) is 46.9. The summed E-state index contributed by atoms with van der Waals surface area (Å²) in [7, 11) is 1.77. The number of hydrogen-bond donors (Lipinski definition) is 13. The number of hydrogen-bond acceptors (Lipinski definition) is 22. The Kier molecular flexibility index (Phi) is 34.5. The number of piperidine rings is 1. The van der Waals surface area contributed by atoms with E-state index in [0.29, 0.717) is 30.6 Å². The number of nitrogens with one attached hydrogen (secondary N) is 3. The average molecular weight is 1370 g/mol. The average Bonchev–Trinajstić information content (AvgIpc) is 0.790. The Balaban J connectivity index is 1.22. The quantitative estimate of drug-likeness (QED) is 0.0724. The molecule has 5 heterocycles. The van der Waals surface area contributed by atoms with Crippen LogP contribution in [-0.2, 0) is 44.5 Å². The van der Waals surface area contributed by atoms with Gasteiger partial charge in [0.1, 0.15) is 24.1 Å². The fourth-order valence-corrected chi connectivity index (χ4v) is 12.9. The highest BCUT2D eigenvalue weighted by atomic mass is 16.7. The maximum absolute atomic E-state index is 14.3. The Morgan fingerprint density at radius 1 is 0.724 bits per heavy atom. The van der Waals surface area contributed by atoms with Gasteiger partial charge in [0.2, 0.25) is 11.8 Å². The molecule has 4 aliphatic heterocycles. The number of carbonyl (C=O) groups excluding carboxylic acids is 5. The number of benzene rings is 1. The number of likely N-dealkylation sites (tertiary alicyclic amines) is 1. The van der Waals surface area contributed by atoms with Crippen molar-refractivity contribution in [3.05, 3.63) is 145 Å². The maximum Gasteiger partial charge on any atom is 0.308 e. The number of esters is 1. The zero-order valence-corrected chi connectivity index (χ0v) is 57.0. The molecular formula is C74H107N5O19. The van der Waals surface area contributed by atoms with Crippen LogP contribution in [0.2, 0.25) is 0 Å². The van der Waals surface area contributed by atoms with Gasteiger partial charge in [-0.3, -0.25) is 29.0 Å². The molecule has 2 amide bonds. The Labute approximate surface area is 575 Å². The minimum absolute atomic E-state index is 0.107. The van der Waals surface area contributed by atoms with Crippen LogP contribution in [0.4, 0.5) is 5.69 Å². The largest absolute Gasteiger partial charge is 0.461 e. The van der Waals surface area contributed by atoms with Gasteiger partial charge in [0.25, 0.3) is 0 Å². The number of amides is 2. The summed E-state index contributed by atoms with van der Waals surface area (Å²) in [6.07, 6.45) is 7.37. The van der Waals surface area contributed by atoms with Crippen LogP contribution in [0, 0.1) is 17.8 Å². The summed E-state index contributed by atoms with van der Waals surface area (Å²) >= 11 is 0. The number of carbonyl (C=O) groups is 5. The first-order valence-corrected chi connectivity index (χ1v) is 34.6. The van der Waals surface area contributed by atoms with E-state index in [1.165, 1.54) is 0 Å². The summed E-state index contributed by atoms with van der Waals surface area (Å²) in [6.45, 7) is 7.62. The van der Waals surface area contributed by atoms with Crippen LogP contribution < -0.4 is 16.0 Å². The molecule has 3 saturated heterocycles. The Hall–Kier alpha value is -6.46. The van der Waals surface area contributed by atoms with E-state index in [9.17, 15) is 75.0 Å². The van der Waals surface area contributed by atoms with Gasteiger partial charge in [0, 0.05) is 101 Å². The first-order valence-electron chi connectivity index (χ1n) is 34.6. The monoisotopic (exact) mass is 1370 g/mol. The molecule has 1 aromatic heterocycles. The van der Waals surface area contributed by atoms with Crippen molar-refractivity contribution in [3.8, 4) is 0 Å². The molecular weight excluding hydrogens is 1260 g/mol. The van der Waals surface area contributed by atoms with Crippen LogP contribution in [0.1, 0.15) is 140 Å². The summed E-state index contributed by atoms with van der Waals surface area (Å²) in [6, 6.07) is 11.0. The fourth-order valence-electron chi connectivity index (χ4n) is 12.9. The molecule has 2 bridgehead atoms. The number of aliphatic hydroxyl groups excluding tert-OH is 9. The number of cyclic esters (lactones) is 1. The number of Topliss-reactive ketones (excluding diaryl/α,β-unsaturated/α-hetero) is 2. The zero-order valence-electron chi connectivity index (χ0n) is 57.0. The van der Waals surface area contributed by atoms with Crippen LogP contribution in [0.25, 0.3) is 0 Å². The molecule has 542 valence electrons.